The fourth-order valence-electron chi connectivity index (χ4n) is 2.15. The third kappa shape index (κ3) is 3.06. The lowest BCUT2D eigenvalue weighted by Crippen LogP contribution is -2.28. The summed E-state index contributed by atoms with van der Waals surface area (Å²) in [6.45, 7) is 8.89. The van der Waals surface area contributed by atoms with E-state index in [1.54, 1.807) is 6.20 Å². The summed E-state index contributed by atoms with van der Waals surface area (Å²) in [5, 5.41) is 0. The second-order valence-corrected chi connectivity index (χ2v) is 7.06. The van der Waals surface area contributed by atoms with Crippen LogP contribution in [0.5, 0.6) is 0 Å². The molecule has 0 spiro atoms. The second kappa shape index (κ2) is 4.77. The van der Waals surface area contributed by atoms with Crippen LogP contribution < -0.4 is 10.6 Å². The van der Waals surface area contributed by atoms with E-state index in [9.17, 15) is 0 Å². The highest BCUT2D eigenvalue weighted by atomic mass is 32.2. The number of pyridine rings is 1. The number of hydrogen-bond acceptors (Lipinski definition) is 4. The maximum Gasteiger partial charge on any atom is 0.131 e. The predicted octanol–water partition coefficient (Wildman–Crippen LogP) is 2.69. The molecule has 2 heterocycles. The van der Waals surface area contributed by atoms with Gasteiger partial charge in [0.1, 0.15) is 5.82 Å². The quantitative estimate of drug-likeness (QED) is 0.833. The zero-order chi connectivity index (χ0) is 12.5. The van der Waals surface area contributed by atoms with E-state index in [2.05, 4.69) is 42.4 Å². The average Bonchev–Trinajstić information content (AvgIpc) is 2.40. The van der Waals surface area contributed by atoms with E-state index in [4.69, 9.17) is 5.73 Å². The summed E-state index contributed by atoms with van der Waals surface area (Å²) < 4.78 is 0.385. The first-order valence-electron chi connectivity index (χ1n) is 6.09. The minimum Gasteiger partial charge on any atom is -0.397 e. The first-order valence-corrected chi connectivity index (χ1v) is 7.07. The summed E-state index contributed by atoms with van der Waals surface area (Å²) in [5.74, 6) is 2.26. The molecular formula is C13H21N3S. The normalized spacial score (nSPS) is 20.1. The van der Waals surface area contributed by atoms with E-state index in [1.807, 2.05) is 6.07 Å². The molecule has 94 valence electrons. The fraction of sp³-hybridized carbons (Fsp3) is 0.615. The number of aryl methyl sites for hydroxylation is 1. The van der Waals surface area contributed by atoms with Gasteiger partial charge in [0.25, 0.3) is 0 Å². The summed E-state index contributed by atoms with van der Waals surface area (Å²) in [7, 11) is 0. The van der Waals surface area contributed by atoms with Crippen molar-refractivity contribution < 1.29 is 0 Å². The Hall–Kier alpha value is -0.900. The molecule has 0 radical (unpaired) electrons. The van der Waals surface area contributed by atoms with Gasteiger partial charge in [-0.15, -0.1) is 0 Å². The van der Waals surface area contributed by atoms with E-state index >= 15 is 0 Å². The van der Waals surface area contributed by atoms with Crippen molar-refractivity contribution in [2.45, 2.75) is 31.9 Å². The number of thioether (sulfide) groups is 1. The van der Waals surface area contributed by atoms with Gasteiger partial charge in [0.15, 0.2) is 0 Å². The monoisotopic (exact) mass is 251 g/mol. The van der Waals surface area contributed by atoms with E-state index in [0.29, 0.717) is 4.75 Å². The molecule has 0 saturated carbocycles. The lowest BCUT2D eigenvalue weighted by molar-refractivity contribution is 0.634. The molecule has 1 aliphatic rings. The minimum absolute atomic E-state index is 0.385. The largest absolute Gasteiger partial charge is 0.397 e. The van der Waals surface area contributed by atoms with Gasteiger partial charge < -0.3 is 10.6 Å². The third-order valence-corrected chi connectivity index (χ3v) is 4.58. The maximum atomic E-state index is 5.75. The van der Waals surface area contributed by atoms with Gasteiger partial charge in [-0.2, -0.15) is 11.8 Å². The van der Waals surface area contributed by atoms with Gasteiger partial charge in [0.05, 0.1) is 11.9 Å². The molecule has 0 atom stereocenters. The average molecular weight is 251 g/mol. The first-order chi connectivity index (χ1) is 7.98. The van der Waals surface area contributed by atoms with Gasteiger partial charge in [-0.25, -0.2) is 4.98 Å². The number of nitrogens with zero attached hydrogens (tertiary/aromatic N) is 2. The Morgan fingerprint density at radius 1 is 1.41 bits per heavy atom. The molecule has 1 aliphatic heterocycles. The lowest BCUT2D eigenvalue weighted by Gasteiger charge is -2.24. The van der Waals surface area contributed by atoms with E-state index < -0.39 is 0 Å². The van der Waals surface area contributed by atoms with Gasteiger partial charge in [-0.05, 0) is 25.0 Å². The van der Waals surface area contributed by atoms with Crippen molar-refractivity contribution in [2.24, 2.45) is 0 Å². The van der Waals surface area contributed by atoms with Crippen LogP contribution in [-0.4, -0.2) is 28.6 Å². The lowest BCUT2D eigenvalue weighted by atomic mass is 10.1. The van der Waals surface area contributed by atoms with Crippen LogP contribution in [0.3, 0.4) is 0 Å². The van der Waals surface area contributed by atoms with Crippen LogP contribution in [0.4, 0.5) is 11.5 Å². The highest BCUT2D eigenvalue weighted by Crippen LogP contribution is 2.32. The molecule has 17 heavy (non-hydrogen) atoms. The van der Waals surface area contributed by atoms with Crippen molar-refractivity contribution in [3.05, 3.63) is 17.8 Å². The molecule has 0 bridgehead atoms. The Morgan fingerprint density at radius 3 is 2.88 bits per heavy atom. The number of hydrogen-bond donors (Lipinski definition) is 1. The third-order valence-electron chi connectivity index (χ3n) is 3.21. The number of aromatic nitrogens is 1. The molecule has 1 aromatic heterocycles. The molecule has 0 aromatic carbocycles. The molecule has 0 aliphatic carbocycles. The van der Waals surface area contributed by atoms with Crippen molar-refractivity contribution in [3.8, 4) is 0 Å². The second-order valence-electron chi connectivity index (χ2n) is 5.25. The molecule has 2 N–H and O–H groups in total. The molecule has 3 nitrogen and oxygen atoms in total. The van der Waals surface area contributed by atoms with E-state index in [1.165, 1.54) is 17.7 Å². The molecule has 2 rings (SSSR count). The van der Waals surface area contributed by atoms with Crippen LogP contribution in [-0.2, 0) is 0 Å². The van der Waals surface area contributed by atoms with E-state index in [0.717, 1.165) is 24.6 Å². The topological polar surface area (TPSA) is 42.1 Å². The van der Waals surface area contributed by atoms with Crippen LogP contribution in [0.15, 0.2) is 12.3 Å². The number of anilines is 2. The van der Waals surface area contributed by atoms with Crippen molar-refractivity contribution >= 4 is 23.3 Å². The Morgan fingerprint density at radius 2 is 2.18 bits per heavy atom. The predicted molar refractivity (Wildman–Crippen MR) is 76.8 cm³/mol. The van der Waals surface area contributed by atoms with Crippen LogP contribution in [0.2, 0.25) is 0 Å². The van der Waals surface area contributed by atoms with Crippen molar-refractivity contribution in [3.63, 3.8) is 0 Å². The van der Waals surface area contributed by atoms with Gasteiger partial charge in [-0.3, -0.25) is 0 Å². The summed E-state index contributed by atoms with van der Waals surface area (Å²) in [6, 6.07) is 2.01. The molecule has 1 aromatic rings. The van der Waals surface area contributed by atoms with Gasteiger partial charge >= 0.3 is 0 Å². The highest BCUT2D eigenvalue weighted by Gasteiger charge is 2.24. The molecular weight excluding hydrogens is 230 g/mol. The summed E-state index contributed by atoms with van der Waals surface area (Å²) in [6.07, 6.45) is 2.95. The number of nitrogen functional groups attached to an aromatic ring is 1. The number of nitrogens with two attached hydrogens (primary N) is 1. The van der Waals surface area contributed by atoms with Crippen LogP contribution >= 0.6 is 11.8 Å². The molecule has 1 fully saturated rings. The van der Waals surface area contributed by atoms with Crippen molar-refractivity contribution in [1.29, 1.82) is 0 Å². The van der Waals surface area contributed by atoms with Crippen LogP contribution in [0.25, 0.3) is 0 Å². The molecule has 0 amide bonds. The maximum absolute atomic E-state index is 5.75. The fourth-order valence-corrected chi connectivity index (χ4v) is 3.25. The zero-order valence-electron chi connectivity index (χ0n) is 10.9. The van der Waals surface area contributed by atoms with Crippen LogP contribution in [0.1, 0.15) is 25.8 Å². The van der Waals surface area contributed by atoms with Gasteiger partial charge in [-0.1, -0.05) is 13.8 Å². The Balaban J connectivity index is 2.17. The Bertz CT molecular complexity index is 404. The highest BCUT2D eigenvalue weighted by molar-refractivity contribution is 8.00. The van der Waals surface area contributed by atoms with E-state index in [-0.39, 0.29) is 0 Å². The van der Waals surface area contributed by atoms with Crippen LogP contribution in [0, 0.1) is 6.92 Å². The smallest absolute Gasteiger partial charge is 0.131 e. The zero-order valence-corrected chi connectivity index (χ0v) is 11.7. The standard InChI is InChI=1S/C13H21N3S/c1-10-8-11(14)9-15-12(10)16-5-4-13(2,3)17-7-6-16/h8-9H,4-7,14H2,1-3H3. The first kappa shape index (κ1) is 12.6. The SMILES string of the molecule is Cc1cc(N)cnc1N1CCSC(C)(C)CC1. The van der Waals surface area contributed by atoms with Gasteiger partial charge in [0.2, 0.25) is 0 Å². The molecule has 1 saturated heterocycles. The van der Waals surface area contributed by atoms with Crippen molar-refractivity contribution in [1.82, 2.24) is 4.98 Å². The molecule has 4 heteroatoms. The minimum atomic E-state index is 0.385. The summed E-state index contributed by atoms with van der Waals surface area (Å²) in [5.41, 5.74) is 7.67. The Labute approximate surface area is 108 Å². The summed E-state index contributed by atoms with van der Waals surface area (Å²) >= 11 is 2.05. The number of rotatable bonds is 1. The van der Waals surface area contributed by atoms with Crippen molar-refractivity contribution in [2.75, 3.05) is 29.5 Å². The Kier molecular flexibility index (Phi) is 3.52. The van der Waals surface area contributed by atoms with Gasteiger partial charge in [0, 0.05) is 23.6 Å². The molecule has 0 unspecified atom stereocenters. The summed E-state index contributed by atoms with van der Waals surface area (Å²) in [4.78, 5) is 6.87.